The lowest BCUT2D eigenvalue weighted by Gasteiger charge is -2.22. The number of carbonyl (C=O) groups excluding carboxylic acids is 1. The van der Waals surface area contributed by atoms with Crippen LogP contribution in [-0.2, 0) is 4.79 Å². The third kappa shape index (κ3) is 3.29. The number of hydrogen-bond donors (Lipinski definition) is 1. The van der Waals surface area contributed by atoms with Gasteiger partial charge in [0, 0.05) is 32.0 Å². The fraction of sp³-hybridized carbons (Fsp3) is 0.909. The molecular formula is C11H21NO2. The highest BCUT2D eigenvalue weighted by atomic mass is 16.3. The normalized spacial score (nSPS) is 22.9. The van der Waals surface area contributed by atoms with Crippen molar-refractivity contribution in [3.63, 3.8) is 0 Å². The molecule has 1 N–H and O–H groups in total. The van der Waals surface area contributed by atoms with Crippen LogP contribution in [0.2, 0.25) is 0 Å². The summed E-state index contributed by atoms with van der Waals surface area (Å²) in [6.07, 6.45) is 1.55. The minimum absolute atomic E-state index is 0.0639. The van der Waals surface area contributed by atoms with Crippen molar-refractivity contribution in [3.05, 3.63) is 0 Å². The number of likely N-dealkylation sites (tertiary alicyclic amines) is 1. The van der Waals surface area contributed by atoms with E-state index >= 15 is 0 Å². The van der Waals surface area contributed by atoms with Gasteiger partial charge < -0.3 is 10.0 Å². The van der Waals surface area contributed by atoms with Crippen molar-refractivity contribution in [1.29, 1.82) is 0 Å². The van der Waals surface area contributed by atoms with E-state index in [0.717, 1.165) is 19.5 Å². The predicted molar refractivity (Wildman–Crippen MR) is 55.8 cm³/mol. The third-order valence-corrected chi connectivity index (χ3v) is 2.58. The summed E-state index contributed by atoms with van der Waals surface area (Å²) < 4.78 is 0. The van der Waals surface area contributed by atoms with Gasteiger partial charge in [0.25, 0.3) is 0 Å². The summed E-state index contributed by atoms with van der Waals surface area (Å²) in [5.41, 5.74) is 0.0639. The van der Waals surface area contributed by atoms with Crippen molar-refractivity contribution in [2.24, 2.45) is 11.3 Å². The molecular weight excluding hydrogens is 178 g/mol. The first-order valence-electron chi connectivity index (χ1n) is 5.31. The molecule has 82 valence electrons. The maximum Gasteiger partial charge on any atom is 0.223 e. The van der Waals surface area contributed by atoms with Crippen LogP contribution in [0.4, 0.5) is 0 Å². The molecule has 1 atom stereocenters. The van der Waals surface area contributed by atoms with Crippen molar-refractivity contribution < 1.29 is 9.90 Å². The molecule has 0 aliphatic carbocycles. The van der Waals surface area contributed by atoms with Crippen LogP contribution >= 0.6 is 0 Å². The number of rotatable bonds is 2. The van der Waals surface area contributed by atoms with Crippen LogP contribution in [0.5, 0.6) is 0 Å². The fourth-order valence-corrected chi connectivity index (χ4v) is 1.77. The van der Waals surface area contributed by atoms with Crippen LogP contribution in [0.15, 0.2) is 0 Å². The summed E-state index contributed by atoms with van der Waals surface area (Å²) in [7, 11) is 0. The second kappa shape index (κ2) is 4.30. The van der Waals surface area contributed by atoms with Gasteiger partial charge in [-0.1, -0.05) is 20.8 Å². The molecule has 0 saturated carbocycles. The molecule has 1 heterocycles. The molecule has 1 saturated heterocycles. The van der Waals surface area contributed by atoms with Gasteiger partial charge in [0.1, 0.15) is 0 Å². The molecule has 0 aromatic rings. The molecule has 1 fully saturated rings. The molecule has 1 amide bonds. The highest BCUT2D eigenvalue weighted by molar-refractivity contribution is 5.77. The lowest BCUT2D eigenvalue weighted by molar-refractivity contribution is -0.132. The Balaban J connectivity index is 2.40. The maximum absolute atomic E-state index is 11.8. The van der Waals surface area contributed by atoms with Gasteiger partial charge in [-0.2, -0.15) is 0 Å². The van der Waals surface area contributed by atoms with E-state index in [1.807, 2.05) is 4.90 Å². The molecule has 0 aromatic carbocycles. The van der Waals surface area contributed by atoms with Crippen LogP contribution in [0.1, 0.15) is 33.6 Å². The van der Waals surface area contributed by atoms with Crippen LogP contribution < -0.4 is 0 Å². The molecule has 1 aliphatic heterocycles. The smallest absolute Gasteiger partial charge is 0.223 e. The van der Waals surface area contributed by atoms with Crippen LogP contribution in [-0.4, -0.2) is 35.6 Å². The molecule has 3 heteroatoms. The van der Waals surface area contributed by atoms with E-state index in [1.165, 1.54) is 0 Å². The number of carbonyl (C=O) groups is 1. The van der Waals surface area contributed by atoms with Crippen molar-refractivity contribution in [2.75, 3.05) is 19.7 Å². The van der Waals surface area contributed by atoms with Crippen LogP contribution in [0.3, 0.4) is 0 Å². The Bertz CT molecular complexity index is 208. The van der Waals surface area contributed by atoms with Gasteiger partial charge in [0.2, 0.25) is 5.91 Å². The molecule has 14 heavy (non-hydrogen) atoms. The molecule has 1 aliphatic rings. The molecule has 0 spiro atoms. The van der Waals surface area contributed by atoms with E-state index in [2.05, 4.69) is 20.8 Å². The van der Waals surface area contributed by atoms with E-state index in [9.17, 15) is 4.79 Å². The Hall–Kier alpha value is -0.570. The largest absolute Gasteiger partial charge is 0.396 e. The first-order valence-corrected chi connectivity index (χ1v) is 5.31. The Morgan fingerprint density at radius 1 is 1.50 bits per heavy atom. The standard InChI is InChI=1S/C11H21NO2/c1-11(2,3)6-10(14)12-5-4-9(7-12)8-13/h9,13H,4-8H2,1-3H3/t9-/m0/s1. The van der Waals surface area contributed by atoms with Gasteiger partial charge in [-0.05, 0) is 11.8 Å². The first kappa shape index (κ1) is 11.5. The minimum Gasteiger partial charge on any atom is -0.396 e. The van der Waals surface area contributed by atoms with Crippen molar-refractivity contribution in [2.45, 2.75) is 33.6 Å². The number of nitrogens with zero attached hydrogens (tertiary/aromatic N) is 1. The van der Waals surface area contributed by atoms with Gasteiger partial charge in [-0.15, -0.1) is 0 Å². The van der Waals surface area contributed by atoms with Gasteiger partial charge in [-0.25, -0.2) is 0 Å². The second-order valence-corrected chi connectivity index (χ2v) is 5.41. The fourth-order valence-electron chi connectivity index (χ4n) is 1.77. The summed E-state index contributed by atoms with van der Waals surface area (Å²) in [6.45, 7) is 7.99. The summed E-state index contributed by atoms with van der Waals surface area (Å²) in [4.78, 5) is 13.6. The molecule has 0 radical (unpaired) electrons. The summed E-state index contributed by atoms with van der Waals surface area (Å²) in [5.74, 6) is 0.535. The van der Waals surface area contributed by atoms with E-state index < -0.39 is 0 Å². The van der Waals surface area contributed by atoms with E-state index in [1.54, 1.807) is 0 Å². The number of hydrogen-bond acceptors (Lipinski definition) is 2. The minimum atomic E-state index is 0.0639. The highest BCUT2D eigenvalue weighted by Gasteiger charge is 2.27. The second-order valence-electron chi connectivity index (χ2n) is 5.41. The number of aliphatic hydroxyl groups excluding tert-OH is 1. The van der Waals surface area contributed by atoms with Crippen LogP contribution in [0.25, 0.3) is 0 Å². The summed E-state index contributed by atoms with van der Waals surface area (Å²) in [6, 6.07) is 0. The van der Waals surface area contributed by atoms with Crippen molar-refractivity contribution >= 4 is 5.91 Å². The summed E-state index contributed by atoms with van der Waals surface area (Å²) >= 11 is 0. The SMILES string of the molecule is CC(C)(C)CC(=O)N1CC[C@H](CO)C1. The summed E-state index contributed by atoms with van der Waals surface area (Å²) in [5, 5.41) is 8.96. The average Bonchev–Trinajstić information content (AvgIpc) is 2.48. The molecule has 0 aromatic heterocycles. The van der Waals surface area contributed by atoms with Gasteiger partial charge >= 0.3 is 0 Å². The molecule has 0 bridgehead atoms. The first-order chi connectivity index (χ1) is 6.42. The average molecular weight is 199 g/mol. The van der Waals surface area contributed by atoms with E-state index in [0.29, 0.717) is 12.3 Å². The Morgan fingerprint density at radius 2 is 2.14 bits per heavy atom. The zero-order valence-electron chi connectivity index (χ0n) is 9.42. The number of amides is 1. The van der Waals surface area contributed by atoms with Crippen molar-refractivity contribution in [3.8, 4) is 0 Å². The van der Waals surface area contributed by atoms with Crippen molar-refractivity contribution in [1.82, 2.24) is 4.90 Å². The van der Waals surface area contributed by atoms with Gasteiger partial charge in [-0.3, -0.25) is 4.79 Å². The maximum atomic E-state index is 11.8. The quantitative estimate of drug-likeness (QED) is 0.727. The lowest BCUT2D eigenvalue weighted by atomic mass is 9.92. The lowest BCUT2D eigenvalue weighted by Crippen LogP contribution is -2.31. The molecule has 0 unspecified atom stereocenters. The zero-order chi connectivity index (χ0) is 10.8. The zero-order valence-corrected chi connectivity index (χ0v) is 9.42. The Kier molecular flexibility index (Phi) is 3.53. The molecule has 1 rings (SSSR count). The number of aliphatic hydroxyl groups is 1. The van der Waals surface area contributed by atoms with Gasteiger partial charge in [0.15, 0.2) is 0 Å². The predicted octanol–water partition coefficient (Wildman–Crippen LogP) is 1.26. The third-order valence-electron chi connectivity index (χ3n) is 2.58. The molecule has 3 nitrogen and oxygen atoms in total. The Morgan fingerprint density at radius 3 is 2.57 bits per heavy atom. The van der Waals surface area contributed by atoms with E-state index in [4.69, 9.17) is 5.11 Å². The topological polar surface area (TPSA) is 40.5 Å². The highest BCUT2D eigenvalue weighted by Crippen LogP contribution is 2.23. The van der Waals surface area contributed by atoms with E-state index in [-0.39, 0.29) is 17.9 Å². The Labute approximate surface area is 86.1 Å². The monoisotopic (exact) mass is 199 g/mol. The van der Waals surface area contributed by atoms with Crippen LogP contribution in [0, 0.1) is 11.3 Å². The van der Waals surface area contributed by atoms with Gasteiger partial charge in [0.05, 0.1) is 0 Å².